The lowest BCUT2D eigenvalue weighted by Crippen LogP contribution is -2.47. The highest BCUT2D eigenvalue weighted by Crippen LogP contribution is 2.37. The van der Waals surface area contributed by atoms with Crippen LogP contribution in [0.25, 0.3) is 0 Å². The molecule has 2 aliphatic rings. The van der Waals surface area contributed by atoms with Gasteiger partial charge in [0.2, 0.25) is 6.79 Å². The zero-order valence-electron chi connectivity index (χ0n) is 26.8. The van der Waals surface area contributed by atoms with Gasteiger partial charge < -0.3 is 33.6 Å². The molecule has 0 aromatic heterocycles. The van der Waals surface area contributed by atoms with E-state index in [0.29, 0.717) is 25.2 Å². The zero-order valence-corrected chi connectivity index (χ0v) is 26.8. The number of rotatable bonds is 7. The van der Waals surface area contributed by atoms with Gasteiger partial charge in [0, 0.05) is 38.4 Å². The Morgan fingerprint density at radius 3 is 2.27 bits per heavy atom. The van der Waals surface area contributed by atoms with Gasteiger partial charge in [0.15, 0.2) is 6.29 Å². The van der Waals surface area contributed by atoms with Gasteiger partial charge in [-0.05, 0) is 58.3 Å². The van der Waals surface area contributed by atoms with E-state index in [1.807, 2.05) is 27.7 Å². The van der Waals surface area contributed by atoms with E-state index in [1.54, 1.807) is 14.2 Å². The number of oxime groups is 1. The fourth-order valence-electron chi connectivity index (χ4n) is 6.75. The first kappa shape index (κ1) is 34.9. The summed E-state index contributed by atoms with van der Waals surface area (Å²) in [5, 5.41) is 15.9. The fraction of sp³-hybridized carbons (Fsp3) is 0.935. The Labute approximate surface area is 242 Å². The molecule has 0 spiro atoms. The van der Waals surface area contributed by atoms with Crippen LogP contribution in [0.1, 0.15) is 94.4 Å². The molecule has 2 saturated heterocycles. The van der Waals surface area contributed by atoms with Crippen LogP contribution in [-0.2, 0) is 33.3 Å². The molecule has 0 aromatic carbocycles. The third-order valence-corrected chi connectivity index (χ3v) is 9.05. The van der Waals surface area contributed by atoms with E-state index < -0.39 is 29.8 Å². The summed E-state index contributed by atoms with van der Waals surface area (Å²) in [4.78, 5) is 19.1. The summed E-state index contributed by atoms with van der Waals surface area (Å²) in [6.45, 7) is 18.3. The number of hydrogen-bond acceptors (Lipinski definition) is 9. The maximum absolute atomic E-state index is 13.6. The van der Waals surface area contributed by atoms with Crippen molar-refractivity contribution in [1.82, 2.24) is 0 Å². The molecule has 0 radical (unpaired) electrons. The lowest BCUT2D eigenvalue weighted by atomic mass is 9.76. The van der Waals surface area contributed by atoms with Gasteiger partial charge in [-0.1, -0.05) is 46.7 Å². The van der Waals surface area contributed by atoms with Gasteiger partial charge in [-0.3, -0.25) is 4.79 Å². The number of methoxy groups -OCH3 is 2. The number of hydrogen-bond donors (Lipinski definition) is 1. The van der Waals surface area contributed by atoms with Crippen molar-refractivity contribution < 1.29 is 38.4 Å². The molecular formula is C31H57NO8. The smallest absolute Gasteiger partial charge is 0.311 e. The SMILES string of the molecule is CC[C@H]1OC(=O)[C@H](C)[C@@H](O[C@H]2CC(C)C[C@H](C)O2)[C@H](C)C[C@](C)(OC)C[C@@H](C)/C(=N/OCOC)[C@H](C)C(O)[C@H]1C. The zero-order chi connectivity index (χ0) is 30.2. The molecule has 1 N–H and O–H groups in total. The van der Waals surface area contributed by atoms with Crippen LogP contribution in [0.4, 0.5) is 0 Å². The third-order valence-electron chi connectivity index (χ3n) is 9.05. The molecule has 2 rings (SSSR count). The van der Waals surface area contributed by atoms with Gasteiger partial charge in [-0.15, -0.1) is 0 Å². The van der Waals surface area contributed by atoms with Gasteiger partial charge in [0.1, 0.15) is 6.10 Å². The largest absolute Gasteiger partial charge is 0.462 e. The number of aliphatic hydroxyl groups is 1. The maximum Gasteiger partial charge on any atom is 0.311 e. The van der Waals surface area contributed by atoms with Crippen molar-refractivity contribution >= 4 is 11.7 Å². The number of ether oxygens (including phenoxy) is 5. The molecule has 2 fully saturated rings. The number of esters is 1. The molecular weight excluding hydrogens is 514 g/mol. The third kappa shape index (κ3) is 9.38. The second-order valence-electron chi connectivity index (χ2n) is 12.9. The Morgan fingerprint density at radius 1 is 1.02 bits per heavy atom. The molecule has 0 saturated carbocycles. The monoisotopic (exact) mass is 571 g/mol. The second kappa shape index (κ2) is 15.8. The molecule has 0 amide bonds. The molecule has 9 heteroatoms. The number of carbonyl (C=O) groups excluding carboxylic acids is 1. The highest BCUT2D eigenvalue weighted by atomic mass is 16.7. The van der Waals surface area contributed by atoms with E-state index in [9.17, 15) is 9.90 Å². The van der Waals surface area contributed by atoms with Gasteiger partial charge >= 0.3 is 5.97 Å². The standard InChI is InChI=1S/C31H57NO8/c1-12-25-22(6)28(33)23(7)27(32-37-17-35-10)19(3)15-31(9,36-11)16-20(4)29(24(8)30(34)39-25)40-26-14-18(2)13-21(5)38-26/h18-26,28-29,33H,12-17H2,1-11H3/b32-27-/t18?,19-,20-,21+,22+,23+,24-,25-,26+,28?,29+,31-/m1/s1. The van der Waals surface area contributed by atoms with Crippen molar-refractivity contribution in [1.29, 1.82) is 0 Å². The molecule has 0 bridgehead atoms. The van der Waals surface area contributed by atoms with Crippen LogP contribution in [0.5, 0.6) is 0 Å². The summed E-state index contributed by atoms with van der Waals surface area (Å²) >= 11 is 0. The minimum atomic E-state index is -0.804. The molecule has 9 nitrogen and oxygen atoms in total. The summed E-state index contributed by atoms with van der Waals surface area (Å²) in [5.41, 5.74) is 0.178. The van der Waals surface area contributed by atoms with Gasteiger partial charge in [-0.25, -0.2) is 0 Å². The van der Waals surface area contributed by atoms with Crippen LogP contribution in [0.3, 0.4) is 0 Å². The molecule has 0 aromatic rings. The minimum Gasteiger partial charge on any atom is -0.462 e. The fourth-order valence-corrected chi connectivity index (χ4v) is 6.75. The van der Waals surface area contributed by atoms with Crippen molar-refractivity contribution in [3.8, 4) is 0 Å². The van der Waals surface area contributed by atoms with Crippen molar-refractivity contribution in [2.75, 3.05) is 21.0 Å². The van der Waals surface area contributed by atoms with Gasteiger partial charge in [0.05, 0.1) is 35.5 Å². The van der Waals surface area contributed by atoms with E-state index in [4.69, 9.17) is 28.5 Å². The number of aliphatic hydroxyl groups excluding tert-OH is 1. The van der Waals surface area contributed by atoms with E-state index in [1.165, 1.54) is 0 Å². The van der Waals surface area contributed by atoms with Crippen molar-refractivity contribution in [2.24, 2.45) is 40.7 Å². The number of carbonyl (C=O) groups is 1. The Kier molecular flexibility index (Phi) is 13.8. The summed E-state index contributed by atoms with van der Waals surface area (Å²) in [7, 11) is 3.26. The molecule has 0 aliphatic carbocycles. The van der Waals surface area contributed by atoms with E-state index in [2.05, 4.69) is 39.8 Å². The summed E-state index contributed by atoms with van der Waals surface area (Å²) < 4.78 is 30.0. The van der Waals surface area contributed by atoms with Crippen molar-refractivity contribution in [3.05, 3.63) is 0 Å². The van der Waals surface area contributed by atoms with E-state index in [-0.39, 0.29) is 48.8 Å². The lowest BCUT2D eigenvalue weighted by Gasteiger charge is -2.41. The topological polar surface area (TPSA) is 105 Å². The molecule has 12 atom stereocenters. The average Bonchev–Trinajstić information content (AvgIpc) is 2.89. The van der Waals surface area contributed by atoms with Crippen LogP contribution >= 0.6 is 0 Å². The van der Waals surface area contributed by atoms with Crippen molar-refractivity contribution in [3.63, 3.8) is 0 Å². The predicted molar refractivity (Wildman–Crippen MR) is 155 cm³/mol. The Bertz CT molecular complexity index is 798. The Balaban J connectivity index is 2.50. The molecule has 40 heavy (non-hydrogen) atoms. The Morgan fingerprint density at radius 2 is 1.70 bits per heavy atom. The minimum absolute atomic E-state index is 0.0136. The highest BCUT2D eigenvalue weighted by Gasteiger charge is 2.42. The first-order valence-corrected chi connectivity index (χ1v) is 15.2. The molecule has 2 unspecified atom stereocenters. The summed E-state index contributed by atoms with van der Waals surface area (Å²) in [5.74, 6) is -1.13. The van der Waals surface area contributed by atoms with Crippen LogP contribution in [0.15, 0.2) is 5.16 Å². The predicted octanol–water partition coefficient (Wildman–Crippen LogP) is 5.57. The normalized spacial score (nSPS) is 43.6. The lowest BCUT2D eigenvalue weighted by molar-refractivity contribution is -0.240. The molecule has 234 valence electrons. The number of cyclic esters (lactones) is 1. The quantitative estimate of drug-likeness (QED) is 0.183. The van der Waals surface area contributed by atoms with Crippen LogP contribution in [-0.4, -0.2) is 74.1 Å². The van der Waals surface area contributed by atoms with E-state index in [0.717, 1.165) is 18.6 Å². The van der Waals surface area contributed by atoms with E-state index >= 15 is 0 Å². The number of nitrogens with zero attached hydrogens (tertiary/aromatic N) is 1. The second-order valence-corrected chi connectivity index (χ2v) is 12.9. The van der Waals surface area contributed by atoms with Gasteiger partial charge in [0.25, 0.3) is 0 Å². The highest BCUT2D eigenvalue weighted by molar-refractivity contribution is 5.88. The average molecular weight is 572 g/mol. The van der Waals surface area contributed by atoms with Crippen LogP contribution < -0.4 is 0 Å². The summed E-state index contributed by atoms with van der Waals surface area (Å²) in [6.07, 6.45) is 1.66. The van der Waals surface area contributed by atoms with Crippen molar-refractivity contribution in [2.45, 2.75) is 131 Å². The van der Waals surface area contributed by atoms with Gasteiger partial charge in [-0.2, -0.15) is 0 Å². The van der Waals surface area contributed by atoms with Crippen LogP contribution in [0.2, 0.25) is 0 Å². The molecule has 2 aliphatic heterocycles. The summed E-state index contributed by atoms with van der Waals surface area (Å²) in [6, 6.07) is 0. The Hall–Kier alpha value is -1.26. The maximum atomic E-state index is 13.6. The molecule has 2 heterocycles. The van der Waals surface area contributed by atoms with Crippen LogP contribution in [0, 0.1) is 35.5 Å². The first-order chi connectivity index (χ1) is 18.8. The first-order valence-electron chi connectivity index (χ1n) is 15.2.